The standard InChI is InChI=1S/C47H29NO/c1-2-14-33-30(12-1)13-9-16-34(33)31-26-28-32(29-27-31)35-17-10-22-41-46(35)49-44-25-8-5-20-39(44)47(41)38-19-4-7-24-43(38)48-42-23-6-3-15-36(42)37-18-11-21-40(47)45(37)48/h1-29H. The van der Waals surface area contributed by atoms with E-state index in [0.29, 0.717) is 0 Å². The van der Waals surface area contributed by atoms with E-state index >= 15 is 0 Å². The maximum Gasteiger partial charge on any atom is 0.140 e. The highest BCUT2D eigenvalue weighted by Crippen LogP contribution is 2.61. The molecule has 9 aromatic rings. The molecule has 2 aliphatic rings. The van der Waals surface area contributed by atoms with Crippen LogP contribution >= 0.6 is 0 Å². The van der Waals surface area contributed by atoms with Crippen LogP contribution in [-0.4, -0.2) is 4.57 Å². The summed E-state index contributed by atoms with van der Waals surface area (Å²) in [6.45, 7) is 0. The first kappa shape index (κ1) is 26.7. The molecule has 0 saturated heterocycles. The first-order valence-corrected chi connectivity index (χ1v) is 16.9. The molecule has 2 aliphatic heterocycles. The zero-order valence-corrected chi connectivity index (χ0v) is 26.6. The maximum absolute atomic E-state index is 7.01. The van der Waals surface area contributed by atoms with E-state index < -0.39 is 5.41 Å². The third-order valence-electron chi connectivity index (χ3n) is 10.9. The lowest BCUT2D eigenvalue weighted by atomic mass is 9.61. The molecule has 49 heavy (non-hydrogen) atoms. The van der Waals surface area contributed by atoms with E-state index in [1.165, 1.54) is 71.6 Å². The Kier molecular flexibility index (Phi) is 5.34. The first-order chi connectivity index (χ1) is 24.3. The van der Waals surface area contributed by atoms with Crippen LogP contribution in [0.2, 0.25) is 0 Å². The summed E-state index contributed by atoms with van der Waals surface area (Å²) in [5.41, 5.74) is 12.7. The molecule has 0 N–H and O–H groups in total. The Bertz CT molecular complexity index is 2800. The highest BCUT2D eigenvalue weighted by atomic mass is 16.5. The number of ether oxygens (including phenoxy) is 1. The molecule has 1 unspecified atom stereocenters. The van der Waals surface area contributed by atoms with Crippen LogP contribution < -0.4 is 4.74 Å². The van der Waals surface area contributed by atoms with Gasteiger partial charge in [0.25, 0.3) is 0 Å². The fourth-order valence-corrected chi connectivity index (χ4v) is 8.88. The summed E-state index contributed by atoms with van der Waals surface area (Å²) < 4.78 is 9.49. The van der Waals surface area contributed by atoms with Gasteiger partial charge in [-0.15, -0.1) is 0 Å². The number of fused-ring (bicyclic) bond motifs is 12. The Balaban J connectivity index is 1.19. The quantitative estimate of drug-likeness (QED) is 0.187. The Hall–Kier alpha value is -6.38. The molecule has 0 saturated carbocycles. The van der Waals surface area contributed by atoms with Crippen LogP contribution in [0.5, 0.6) is 11.5 Å². The molecule has 228 valence electrons. The van der Waals surface area contributed by atoms with Gasteiger partial charge in [0.15, 0.2) is 0 Å². The van der Waals surface area contributed by atoms with E-state index in [-0.39, 0.29) is 0 Å². The lowest BCUT2D eigenvalue weighted by molar-refractivity contribution is 0.435. The summed E-state index contributed by atoms with van der Waals surface area (Å²) in [5.74, 6) is 1.81. The summed E-state index contributed by atoms with van der Waals surface area (Å²) in [6.07, 6.45) is 0. The average molecular weight is 624 g/mol. The van der Waals surface area contributed by atoms with Gasteiger partial charge in [-0.05, 0) is 56.8 Å². The number of hydrogen-bond donors (Lipinski definition) is 0. The molecule has 2 nitrogen and oxygen atoms in total. The smallest absolute Gasteiger partial charge is 0.140 e. The van der Waals surface area contributed by atoms with Gasteiger partial charge in [-0.3, -0.25) is 0 Å². The van der Waals surface area contributed by atoms with E-state index in [4.69, 9.17) is 4.74 Å². The van der Waals surface area contributed by atoms with E-state index in [9.17, 15) is 0 Å². The third-order valence-corrected chi connectivity index (χ3v) is 10.9. The Morgan fingerprint density at radius 2 is 1.00 bits per heavy atom. The number of rotatable bonds is 2. The van der Waals surface area contributed by atoms with Crippen LogP contribution in [0, 0.1) is 0 Å². The van der Waals surface area contributed by atoms with Gasteiger partial charge in [-0.1, -0.05) is 158 Å². The van der Waals surface area contributed by atoms with Crippen LogP contribution in [0.3, 0.4) is 0 Å². The Morgan fingerprint density at radius 3 is 1.90 bits per heavy atom. The van der Waals surface area contributed by atoms with E-state index in [2.05, 4.69) is 180 Å². The fraction of sp³-hybridized carbons (Fsp3) is 0.0213. The molecule has 2 heteroatoms. The molecule has 0 aliphatic carbocycles. The van der Waals surface area contributed by atoms with Crippen LogP contribution in [0.25, 0.3) is 60.5 Å². The maximum atomic E-state index is 7.01. The predicted octanol–water partition coefficient (Wildman–Crippen LogP) is 12.1. The zero-order valence-electron chi connectivity index (χ0n) is 26.6. The highest BCUT2D eigenvalue weighted by Gasteiger charge is 2.50. The number of aromatic nitrogens is 1. The minimum atomic E-state index is -0.580. The summed E-state index contributed by atoms with van der Waals surface area (Å²) in [6, 6.07) is 64.1. The molecule has 3 heterocycles. The van der Waals surface area contributed by atoms with Gasteiger partial charge >= 0.3 is 0 Å². The molecule has 1 aromatic heterocycles. The number of nitrogens with zero attached hydrogens (tertiary/aromatic N) is 1. The lowest BCUT2D eigenvalue weighted by Crippen LogP contribution is -2.37. The van der Waals surface area contributed by atoms with Crippen molar-refractivity contribution < 1.29 is 4.74 Å². The lowest BCUT2D eigenvalue weighted by Gasteiger charge is -2.45. The number of hydrogen-bond acceptors (Lipinski definition) is 1. The number of para-hydroxylation sites is 5. The minimum Gasteiger partial charge on any atom is -0.456 e. The van der Waals surface area contributed by atoms with Crippen molar-refractivity contribution in [2.45, 2.75) is 5.41 Å². The van der Waals surface area contributed by atoms with Gasteiger partial charge in [0, 0.05) is 27.5 Å². The molecule has 11 rings (SSSR count). The molecule has 1 atom stereocenters. The van der Waals surface area contributed by atoms with Crippen molar-refractivity contribution in [2.75, 3.05) is 0 Å². The molecule has 8 aromatic carbocycles. The van der Waals surface area contributed by atoms with Crippen molar-refractivity contribution in [3.63, 3.8) is 0 Å². The van der Waals surface area contributed by atoms with E-state index in [1.807, 2.05) is 0 Å². The van der Waals surface area contributed by atoms with Crippen LogP contribution in [0.1, 0.15) is 22.3 Å². The van der Waals surface area contributed by atoms with Gasteiger partial charge in [0.2, 0.25) is 0 Å². The predicted molar refractivity (Wildman–Crippen MR) is 201 cm³/mol. The van der Waals surface area contributed by atoms with Crippen LogP contribution in [0.4, 0.5) is 0 Å². The molecule has 0 bridgehead atoms. The molecule has 0 amide bonds. The minimum absolute atomic E-state index is 0.580. The Labute approximate surface area is 284 Å². The van der Waals surface area contributed by atoms with Crippen molar-refractivity contribution in [3.05, 3.63) is 198 Å². The van der Waals surface area contributed by atoms with Crippen LogP contribution in [-0.2, 0) is 5.41 Å². The third kappa shape index (κ3) is 3.45. The van der Waals surface area contributed by atoms with Gasteiger partial charge < -0.3 is 9.30 Å². The van der Waals surface area contributed by atoms with Gasteiger partial charge in [0.05, 0.1) is 22.1 Å². The van der Waals surface area contributed by atoms with E-state index in [1.54, 1.807) is 0 Å². The average Bonchev–Trinajstić information content (AvgIpc) is 3.51. The van der Waals surface area contributed by atoms with Crippen molar-refractivity contribution >= 4 is 32.6 Å². The van der Waals surface area contributed by atoms with E-state index in [0.717, 1.165) is 22.6 Å². The summed E-state index contributed by atoms with van der Waals surface area (Å²) in [5, 5.41) is 5.05. The highest BCUT2D eigenvalue weighted by molar-refractivity contribution is 6.12. The van der Waals surface area contributed by atoms with Crippen molar-refractivity contribution in [1.29, 1.82) is 0 Å². The number of benzene rings is 8. The zero-order chi connectivity index (χ0) is 32.1. The summed E-state index contributed by atoms with van der Waals surface area (Å²) in [7, 11) is 0. The van der Waals surface area contributed by atoms with Crippen molar-refractivity contribution in [2.24, 2.45) is 0 Å². The molecular formula is C47H29NO. The SMILES string of the molecule is c1ccc2c(c1)Oc1c(-c3ccc(-c4cccc5ccccc45)cc3)cccc1C21c2ccccc2-n2c3ccccc3c3cccc1c32. The van der Waals surface area contributed by atoms with Gasteiger partial charge in [-0.25, -0.2) is 0 Å². The monoisotopic (exact) mass is 623 g/mol. The second kappa shape index (κ2) is 9.82. The molecule has 0 fully saturated rings. The Morgan fingerprint density at radius 1 is 0.408 bits per heavy atom. The van der Waals surface area contributed by atoms with Crippen LogP contribution in [0.15, 0.2) is 176 Å². The van der Waals surface area contributed by atoms with Crippen molar-refractivity contribution in [1.82, 2.24) is 4.57 Å². The second-order valence-corrected chi connectivity index (χ2v) is 13.2. The molecule has 1 spiro atoms. The fourth-order valence-electron chi connectivity index (χ4n) is 8.88. The summed E-state index contributed by atoms with van der Waals surface area (Å²) in [4.78, 5) is 0. The van der Waals surface area contributed by atoms with Crippen molar-refractivity contribution in [3.8, 4) is 39.4 Å². The second-order valence-electron chi connectivity index (χ2n) is 13.2. The normalized spacial score (nSPS) is 15.6. The first-order valence-electron chi connectivity index (χ1n) is 16.9. The van der Waals surface area contributed by atoms with Gasteiger partial charge in [-0.2, -0.15) is 0 Å². The summed E-state index contributed by atoms with van der Waals surface area (Å²) >= 11 is 0. The molecule has 0 radical (unpaired) electrons. The largest absolute Gasteiger partial charge is 0.456 e. The molecular weight excluding hydrogens is 595 g/mol. The topological polar surface area (TPSA) is 14.2 Å². The van der Waals surface area contributed by atoms with Gasteiger partial charge in [0.1, 0.15) is 11.5 Å².